The standard InChI is InChI=1S/C23H27BrN2O4/c1-16-22(27)25-19-14-21(30-12-8-4-7-11-24)20(29-2)13-18(19)23(28)26(16)15-17-9-5-3-6-10-17/h3,5-6,9-10,13-14,16H,4,7-8,11-12,15H2,1-2H3,(H,25,27)/t16-/m0/s1. The Balaban J connectivity index is 1.87. The van der Waals surface area contributed by atoms with E-state index in [1.54, 1.807) is 31.1 Å². The summed E-state index contributed by atoms with van der Waals surface area (Å²) in [7, 11) is 1.55. The van der Waals surface area contributed by atoms with E-state index in [1.807, 2.05) is 30.3 Å². The number of hydrogen-bond donors (Lipinski definition) is 1. The molecule has 0 fully saturated rings. The van der Waals surface area contributed by atoms with Crippen LogP contribution in [0.1, 0.15) is 42.1 Å². The van der Waals surface area contributed by atoms with Crippen molar-refractivity contribution < 1.29 is 19.1 Å². The molecule has 1 heterocycles. The van der Waals surface area contributed by atoms with Crippen LogP contribution in [0.4, 0.5) is 5.69 Å². The summed E-state index contributed by atoms with van der Waals surface area (Å²) in [5, 5.41) is 3.85. The Morgan fingerprint density at radius 1 is 1.07 bits per heavy atom. The molecule has 1 N–H and O–H groups in total. The number of fused-ring (bicyclic) bond motifs is 1. The molecule has 30 heavy (non-hydrogen) atoms. The third kappa shape index (κ3) is 5.14. The second-order valence-electron chi connectivity index (χ2n) is 7.23. The van der Waals surface area contributed by atoms with E-state index >= 15 is 0 Å². The van der Waals surface area contributed by atoms with Gasteiger partial charge in [0, 0.05) is 17.9 Å². The number of carbonyl (C=O) groups is 2. The summed E-state index contributed by atoms with van der Waals surface area (Å²) in [4.78, 5) is 27.7. The van der Waals surface area contributed by atoms with Crippen molar-refractivity contribution in [3.63, 3.8) is 0 Å². The van der Waals surface area contributed by atoms with E-state index in [1.165, 1.54) is 0 Å². The maximum absolute atomic E-state index is 13.3. The van der Waals surface area contributed by atoms with Crippen LogP contribution in [-0.2, 0) is 11.3 Å². The first-order chi connectivity index (χ1) is 14.5. The number of alkyl halides is 1. The van der Waals surface area contributed by atoms with Gasteiger partial charge in [-0.1, -0.05) is 46.3 Å². The number of benzene rings is 2. The topological polar surface area (TPSA) is 67.9 Å². The van der Waals surface area contributed by atoms with E-state index in [0.717, 1.165) is 30.2 Å². The van der Waals surface area contributed by atoms with Crippen molar-refractivity contribution in [1.29, 1.82) is 0 Å². The Hall–Kier alpha value is -2.54. The largest absolute Gasteiger partial charge is 0.493 e. The van der Waals surface area contributed by atoms with E-state index in [9.17, 15) is 9.59 Å². The van der Waals surface area contributed by atoms with Crippen LogP contribution in [0.5, 0.6) is 11.5 Å². The van der Waals surface area contributed by atoms with Crippen LogP contribution in [0.2, 0.25) is 0 Å². The molecule has 0 bridgehead atoms. The van der Waals surface area contributed by atoms with Crippen molar-refractivity contribution >= 4 is 33.4 Å². The van der Waals surface area contributed by atoms with Crippen molar-refractivity contribution in [2.24, 2.45) is 0 Å². The van der Waals surface area contributed by atoms with Crippen molar-refractivity contribution in [3.05, 3.63) is 53.6 Å². The number of methoxy groups -OCH3 is 1. The van der Waals surface area contributed by atoms with Gasteiger partial charge in [0.15, 0.2) is 11.5 Å². The molecule has 0 aromatic heterocycles. The first-order valence-electron chi connectivity index (χ1n) is 10.1. The molecule has 0 radical (unpaired) electrons. The van der Waals surface area contributed by atoms with Crippen LogP contribution in [0, 0.1) is 0 Å². The van der Waals surface area contributed by atoms with Gasteiger partial charge in [-0.3, -0.25) is 9.59 Å². The first-order valence-corrected chi connectivity index (χ1v) is 11.2. The van der Waals surface area contributed by atoms with Crippen LogP contribution in [0.25, 0.3) is 0 Å². The lowest BCUT2D eigenvalue weighted by molar-refractivity contribution is -0.120. The Bertz CT molecular complexity index is 888. The molecule has 1 atom stereocenters. The Kier molecular flexibility index (Phi) is 7.74. The van der Waals surface area contributed by atoms with Crippen molar-refractivity contribution in [3.8, 4) is 11.5 Å². The molecule has 7 heteroatoms. The molecule has 2 amide bonds. The highest BCUT2D eigenvalue weighted by molar-refractivity contribution is 9.09. The van der Waals surface area contributed by atoms with Gasteiger partial charge in [0.2, 0.25) is 5.91 Å². The van der Waals surface area contributed by atoms with Gasteiger partial charge in [0.1, 0.15) is 6.04 Å². The fourth-order valence-corrected chi connectivity index (χ4v) is 3.76. The number of nitrogens with zero attached hydrogens (tertiary/aromatic N) is 1. The lowest BCUT2D eigenvalue weighted by Gasteiger charge is -2.26. The molecule has 3 rings (SSSR count). The summed E-state index contributed by atoms with van der Waals surface area (Å²) in [5.41, 5.74) is 1.81. The molecule has 0 unspecified atom stereocenters. The van der Waals surface area contributed by atoms with Gasteiger partial charge in [-0.25, -0.2) is 0 Å². The van der Waals surface area contributed by atoms with E-state index in [0.29, 0.717) is 35.9 Å². The third-order valence-electron chi connectivity index (χ3n) is 5.13. The third-order valence-corrected chi connectivity index (χ3v) is 5.69. The number of nitrogens with one attached hydrogen (secondary N) is 1. The van der Waals surface area contributed by atoms with Crippen LogP contribution in [0.3, 0.4) is 0 Å². The molecule has 1 aliphatic heterocycles. The van der Waals surface area contributed by atoms with Gasteiger partial charge in [-0.15, -0.1) is 0 Å². The fraction of sp³-hybridized carbons (Fsp3) is 0.391. The molecule has 0 spiro atoms. The number of halogens is 1. The van der Waals surface area contributed by atoms with Gasteiger partial charge >= 0.3 is 0 Å². The highest BCUT2D eigenvalue weighted by Crippen LogP contribution is 2.36. The molecular formula is C23H27BrN2O4. The second-order valence-corrected chi connectivity index (χ2v) is 8.02. The summed E-state index contributed by atoms with van der Waals surface area (Å²) in [5.74, 6) is 0.548. The van der Waals surface area contributed by atoms with Crippen LogP contribution < -0.4 is 14.8 Å². The average molecular weight is 475 g/mol. The average Bonchev–Trinajstić information content (AvgIpc) is 2.84. The smallest absolute Gasteiger partial charge is 0.257 e. The maximum atomic E-state index is 13.3. The molecule has 2 aromatic rings. The number of ether oxygens (including phenoxy) is 2. The number of rotatable bonds is 9. The molecular weight excluding hydrogens is 448 g/mol. The highest BCUT2D eigenvalue weighted by atomic mass is 79.9. The Labute approximate surface area is 185 Å². The zero-order valence-corrected chi connectivity index (χ0v) is 18.9. The first kappa shape index (κ1) is 22.2. The minimum absolute atomic E-state index is 0.220. The molecule has 6 nitrogen and oxygen atoms in total. The summed E-state index contributed by atoms with van der Waals surface area (Å²) in [6, 6.07) is 12.4. The maximum Gasteiger partial charge on any atom is 0.257 e. The fourth-order valence-electron chi connectivity index (χ4n) is 3.37. The molecule has 160 valence electrons. The van der Waals surface area contributed by atoms with E-state index in [-0.39, 0.29) is 11.8 Å². The highest BCUT2D eigenvalue weighted by Gasteiger charge is 2.33. The molecule has 1 aliphatic rings. The molecule has 0 saturated carbocycles. The normalized spacial score (nSPS) is 16.0. The minimum Gasteiger partial charge on any atom is -0.493 e. The van der Waals surface area contributed by atoms with Crippen molar-refractivity contribution in [1.82, 2.24) is 4.90 Å². The van der Waals surface area contributed by atoms with Crippen molar-refractivity contribution in [2.75, 3.05) is 24.4 Å². The minimum atomic E-state index is -0.607. The monoisotopic (exact) mass is 474 g/mol. The summed E-state index contributed by atoms with van der Waals surface area (Å²) in [6.07, 6.45) is 3.06. The number of unbranched alkanes of at least 4 members (excludes halogenated alkanes) is 2. The lowest BCUT2D eigenvalue weighted by Crippen LogP contribution is -2.42. The second kappa shape index (κ2) is 10.5. The zero-order chi connectivity index (χ0) is 21.5. The number of carbonyl (C=O) groups excluding carboxylic acids is 2. The summed E-state index contributed by atoms with van der Waals surface area (Å²) < 4.78 is 11.4. The zero-order valence-electron chi connectivity index (χ0n) is 17.3. The SMILES string of the molecule is COc1cc2c(cc1OCCCCCBr)NC(=O)[C@H](C)N(Cc1ccccc1)C2=O. The van der Waals surface area contributed by atoms with Crippen LogP contribution in [-0.4, -0.2) is 41.8 Å². The van der Waals surface area contributed by atoms with Gasteiger partial charge in [0.05, 0.1) is 25.0 Å². The van der Waals surface area contributed by atoms with Crippen molar-refractivity contribution in [2.45, 2.75) is 38.8 Å². The van der Waals surface area contributed by atoms with E-state index in [4.69, 9.17) is 9.47 Å². The molecule has 0 aliphatic carbocycles. The Morgan fingerprint density at radius 2 is 1.83 bits per heavy atom. The summed E-state index contributed by atoms with van der Waals surface area (Å²) >= 11 is 3.42. The lowest BCUT2D eigenvalue weighted by atomic mass is 10.1. The van der Waals surface area contributed by atoms with Gasteiger partial charge < -0.3 is 19.7 Å². The quantitative estimate of drug-likeness (QED) is 0.425. The predicted molar refractivity (Wildman–Crippen MR) is 121 cm³/mol. The number of amides is 2. The van der Waals surface area contributed by atoms with Crippen LogP contribution in [0.15, 0.2) is 42.5 Å². The molecule has 2 aromatic carbocycles. The van der Waals surface area contributed by atoms with Gasteiger partial charge in [0.25, 0.3) is 5.91 Å². The van der Waals surface area contributed by atoms with E-state index in [2.05, 4.69) is 21.2 Å². The summed E-state index contributed by atoms with van der Waals surface area (Å²) in [6.45, 7) is 2.63. The molecule has 0 saturated heterocycles. The van der Waals surface area contributed by atoms with E-state index < -0.39 is 6.04 Å². The predicted octanol–water partition coefficient (Wildman–Crippen LogP) is 4.62. The van der Waals surface area contributed by atoms with Crippen LogP contribution >= 0.6 is 15.9 Å². The number of anilines is 1. The van der Waals surface area contributed by atoms with Gasteiger partial charge in [-0.2, -0.15) is 0 Å². The Morgan fingerprint density at radius 3 is 2.53 bits per heavy atom. The number of hydrogen-bond acceptors (Lipinski definition) is 4. The van der Waals surface area contributed by atoms with Gasteiger partial charge in [-0.05, 0) is 37.8 Å².